The first kappa shape index (κ1) is 16.4. The van der Waals surface area contributed by atoms with Crippen LogP contribution >= 0.6 is 11.8 Å². The van der Waals surface area contributed by atoms with E-state index in [0.717, 1.165) is 0 Å². The molecule has 0 aliphatic rings. The van der Waals surface area contributed by atoms with E-state index in [1.165, 1.54) is 18.2 Å². The Kier molecular flexibility index (Phi) is 6.25. The predicted octanol–water partition coefficient (Wildman–Crippen LogP) is 1.57. The average Bonchev–Trinajstić information content (AvgIpc) is 2.31. The summed E-state index contributed by atoms with van der Waals surface area (Å²) in [5.41, 5.74) is 0.336. The first-order valence-electron chi connectivity index (χ1n) is 5.85. The topological polar surface area (TPSA) is 58.2 Å². The summed E-state index contributed by atoms with van der Waals surface area (Å²) < 4.78 is 40.3. The molecule has 0 saturated carbocycles. The highest BCUT2D eigenvalue weighted by atomic mass is 32.2. The maximum absolute atomic E-state index is 13.5. The van der Waals surface area contributed by atoms with E-state index in [1.54, 1.807) is 25.7 Å². The summed E-state index contributed by atoms with van der Waals surface area (Å²) in [7, 11) is -1.92. The van der Waals surface area contributed by atoms with Crippen molar-refractivity contribution in [2.24, 2.45) is 0 Å². The van der Waals surface area contributed by atoms with E-state index in [1.807, 2.05) is 6.26 Å². The smallest absolute Gasteiger partial charge is 0.240 e. The van der Waals surface area contributed by atoms with E-state index >= 15 is 0 Å². The van der Waals surface area contributed by atoms with Crippen LogP contribution in [-0.2, 0) is 16.6 Å². The standard InChI is InChI=1S/C12H19FN2O2S2/c1-9(8-18-3)15-19(16,17)11-4-5-12(13)10(6-11)7-14-2/h4-6,9,14-15H,7-8H2,1-3H3. The molecule has 0 spiro atoms. The third-order valence-corrected chi connectivity index (χ3v) is 4.89. The van der Waals surface area contributed by atoms with Gasteiger partial charge in [0, 0.05) is 23.9 Å². The lowest BCUT2D eigenvalue weighted by atomic mass is 10.2. The van der Waals surface area contributed by atoms with Crippen molar-refractivity contribution in [3.8, 4) is 0 Å². The molecule has 0 heterocycles. The molecule has 0 saturated heterocycles. The number of hydrogen-bond acceptors (Lipinski definition) is 4. The molecular weight excluding hydrogens is 287 g/mol. The Balaban J connectivity index is 2.98. The summed E-state index contributed by atoms with van der Waals surface area (Å²) in [4.78, 5) is 0.0899. The Hall–Kier alpha value is -0.630. The summed E-state index contributed by atoms with van der Waals surface area (Å²) >= 11 is 1.56. The van der Waals surface area contributed by atoms with Gasteiger partial charge in [0.15, 0.2) is 0 Å². The maximum Gasteiger partial charge on any atom is 0.240 e. The van der Waals surface area contributed by atoms with Gasteiger partial charge in [-0.25, -0.2) is 17.5 Å². The van der Waals surface area contributed by atoms with Crippen molar-refractivity contribution in [2.75, 3.05) is 19.1 Å². The van der Waals surface area contributed by atoms with E-state index in [4.69, 9.17) is 0 Å². The van der Waals surface area contributed by atoms with Crippen LogP contribution in [0.3, 0.4) is 0 Å². The Morgan fingerprint density at radius 3 is 2.68 bits per heavy atom. The number of thioether (sulfide) groups is 1. The van der Waals surface area contributed by atoms with Gasteiger partial charge in [-0.3, -0.25) is 0 Å². The number of nitrogens with one attached hydrogen (secondary N) is 2. The van der Waals surface area contributed by atoms with Crippen molar-refractivity contribution in [3.05, 3.63) is 29.6 Å². The number of benzene rings is 1. The van der Waals surface area contributed by atoms with Gasteiger partial charge in [-0.1, -0.05) is 0 Å². The van der Waals surface area contributed by atoms with Crippen LogP contribution < -0.4 is 10.0 Å². The van der Waals surface area contributed by atoms with E-state index in [2.05, 4.69) is 10.0 Å². The van der Waals surface area contributed by atoms with Gasteiger partial charge in [0.25, 0.3) is 0 Å². The summed E-state index contributed by atoms with van der Waals surface area (Å²) in [5.74, 6) is 0.273. The van der Waals surface area contributed by atoms with Crippen LogP contribution in [0.25, 0.3) is 0 Å². The molecule has 1 aromatic carbocycles. The Bertz CT molecular complexity index is 520. The lowest BCUT2D eigenvalue weighted by Crippen LogP contribution is -2.34. The van der Waals surface area contributed by atoms with Gasteiger partial charge < -0.3 is 5.32 Å². The minimum Gasteiger partial charge on any atom is -0.316 e. The quantitative estimate of drug-likeness (QED) is 0.803. The van der Waals surface area contributed by atoms with Gasteiger partial charge in [0.05, 0.1) is 4.90 Å². The van der Waals surface area contributed by atoms with E-state index < -0.39 is 15.8 Å². The molecular formula is C12H19FN2O2S2. The largest absolute Gasteiger partial charge is 0.316 e. The highest BCUT2D eigenvalue weighted by Crippen LogP contribution is 2.15. The van der Waals surface area contributed by atoms with Gasteiger partial charge in [0.2, 0.25) is 10.0 Å². The maximum atomic E-state index is 13.5. The molecule has 0 aliphatic carbocycles. The predicted molar refractivity (Wildman–Crippen MR) is 77.3 cm³/mol. The lowest BCUT2D eigenvalue weighted by Gasteiger charge is -2.14. The third kappa shape index (κ3) is 4.76. The Morgan fingerprint density at radius 2 is 2.11 bits per heavy atom. The van der Waals surface area contributed by atoms with Gasteiger partial charge in [-0.2, -0.15) is 11.8 Å². The molecule has 0 radical (unpaired) electrons. The fourth-order valence-corrected chi connectivity index (χ4v) is 3.64. The SMILES string of the molecule is CNCc1cc(S(=O)(=O)NC(C)CSC)ccc1F. The minimum atomic E-state index is -3.60. The fraction of sp³-hybridized carbons (Fsp3) is 0.500. The van der Waals surface area contributed by atoms with Crippen LogP contribution in [0.1, 0.15) is 12.5 Å². The molecule has 0 amide bonds. The molecule has 1 unspecified atom stereocenters. The van der Waals surface area contributed by atoms with Gasteiger partial charge in [-0.15, -0.1) is 0 Å². The van der Waals surface area contributed by atoms with Crippen molar-refractivity contribution in [1.82, 2.24) is 10.0 Å². The molecule has 0 aliphatic heterocycles. The highest BCUT2D eigenvalue weighted by Gasteiger charge is 2.18. The lowest BCUT2D eigenvalue weighted by molar-refractivity contribution is 0.568. The zero-order valence-corrected chi connectivity index (χ0v) is 12.9. The normalized spacial score (nSPS) is 13.5. The summed E-state index contributed by atoms with van der Waals surface area (Å²) in [6.45, 7) is 2.08. The molecule has 4 nitrogen and oxygen atoms in total. The van der Waals surface area contributed by atoms with E-state index in [0.29, 0.717) is 11.3 Å². The van der Waals surface area contributed by atoms with Gasteiger partial charge in [-0.05, 0) is 38.4 Å². The van der Waals surface area contributed by atoms with Crippen LogP contribution in [0.5, 0.6) is 0 Å². The Labute approximate surface area is 118 Å². The van der Waals surface area contributed by atoms with Crippen molar-refractivity contribution in [2.45, 2.75) is 24.4 Å². The fourth-order valence-electron chi connectivity index (χ4n) is 1.66. The van der Waals surface area contributed by atoms with Crippen LogP contribution in [0.15, 0.2) is 23.1 Å². The van der Waals surface area contributed by atoms with Crippen molar-refractivity contribution >= 4 is 21.8 Å². The molecule has 1 aromatic rings. The molecule has 0 bridgehead atoms. The highest BCUT2D eigenvalue weighted by molar-refractivity contribution is 7.98. The van der Waals surface area contributed by atoms with Crippen LogP contribution in [0, 0.1) is 5.82 Å². The molecule has 0 aromatic heterocycles. The zero-order chi connectivity index (χ0) is 14.5. The monoisotopic (exact) mass is 306 g/mol. The van der Waals surface area contributed by atoms with Crippen molar-refractivity contribution < 1.29 is 12.8 Å². The average molecular weight is 306 g/mol. The second-order valence-electron chi connectivity index (χ2n) is 4.26. The third-order valence-electron chi connectivity index (χ3n) is 2.47. The van der Waals surface area contributed by atoms with Gasteiger partial charge >= 0.3 is 0 Å². The molecule has 2 N–H and O–H groups in total. The van der Waals surface area contributed by atoms with E-state index in [9.17, 15) is 12.8 Å². The van der Waals surface area contributed by atoms with Crippen LogP contribution in [0.2, 0.25) is 0 Å². The molecule has 0 fully saturated rings. The molecule has 7 heteroatoms. The number of hydrogen-bond donors (Lipinski definition) is 2. The first-order chi connectivity index (χ1) is 8.90. The Morgan fingerprint density at radius 1 is 1.42 bits per heavy atom. The summed E-state index contributed by atoms with van der Waals surface area (Å²) in [6.07, 6.45) is 1.91. The van der Waals surface area contributed by atoms with Crippen molar-refractivity contribution in [1.29, 1.82) is 0 Å². The summed E-state index contributed by atoms with van der Waals surface area (Å²) in [5, 5.41) is 2.81. The molecule has 1 atom stereocenters. The first-order valence-corrected chi connectivity index (χ1v) is 8.72. The van der Waals surface area contributed by atoms with Crippen molar-refractivity contribution in [3.63, 3.8) is 0 Å². The molecule has 19 heavy (non-hydrogen) atoms. The molecule has 1 rings (SSSR count). The van der Waals surface area contributed by atoms with Crippen LogP contribution in [-0.4, -0.2) is 33.5 Å². The molecule has 108 valence electrons. The van der Waals surface area contributed by atoms with Crippen LogP contribution in [0.4, 0.5) is 4.39 Å². The second-order valence-corrected chi connectivity index (χ2v) is 6.89. The number of halogens is 1. The number of rotatable bonds is 7. The van der Waals surface area contributed by atoms with Gasteiger partial charge in [0.1, 0.15) is 5.82 Å². The minimum absolute atomic E-state index is 0.0899. The second kappa shape index (κ2) is 7.23. The van der Waals surface area contributed by atoms with E-state index in [-0.39, 0.29) is 17.5 Å². The number of sulfonamides is 1. The zero-order valence-electron chi connectivity index (χ0n) is 11.2. The summed E-state index contributed by atoms with van der Waals surface area (Å²) in [6, 6.07) is 3.65.